The number of nitrogens with one attached hydrogen (secondary N) is 1. The standard InChI is InChI=1S/C20H33N7/c1-5-22-20(23-8-6-10-27-18(4)13-17(3)24-27)25-11-7-16(2)19(14-25)26-12-9-21-15-26/h9,12-13,15-16,19H,5-8,10-11,14H2,1-4H3,(H,22,23). The summed E-state index contributed by atoms with van der Waals surface area (Å²) >= 11 is 0. The van der Waals surface area contributed by atoms with Crippen LogP contribution in [0.1, 0.15) is 44.1 Å². The Balaban J connectivity index is 1.60. The highest BCUT2D eigenvalue weighted by Crippen LogP contribution is 2.27. The van der Waals surface area contributed by atoms with Crippen LogP contribution in [0.5, 0.6) is 0 Å². The smallest absolute Gasteiger partial charge is 0.193 e. The van der Waals surface area contributed by atoms with E-state index in [9.17, 15) is 0 Å². The van der Waals surface area contributed by atoms with Crippen molar-refractivity contribution in [1.29, 1.82) is 0 Å². The van der Waals surface area contributed by atoms with Crippen LogP contribution in [-0.2, 0) is 6.54 Å². The number of likely N-dealkylation sites (tertiary alicyclic amines) is 1. The van der Waals surface area contributed by atoms with Crippen LogP contribution in [0.25, 0.3) is 0 Å². The minimum Gasteiger partial charge on any atom is -0.357 e. The van der Waals surface area contributed by atoms with E-state index in [1.165, 1.54) is 12.1 Å². The zero-order chi connectivity index (χ0) is 19.2. The van der Waals surface area contributed by atoms with Crippen molar-refractivity contribution < 1.29 is 0 Å². The van der Waals surface area contributed by atoms with E-state index in [-0.39, 0.29) is 0 Å². The first-order valence-corrected chi connectivity index (χ1v) is 10.1. The van der Waals surface area contributed by atoms with Gasteiger partial charge in [-0.25, -0.2) is 4.98 Å². The van der Waals surface area contributed by atoms with Gasteiger partial charge in [-0.15, -0.1) is 0 Å². The first-order chi connectivity index (χ1) is 13.1. The Morgan fingerprint density at radius 3 is 2.89 bits per heavy atom. The Morgan fingerprint density at radius 1 is 1.37 bits per heavy atom. The molecule has 148 valence electrons. The van der Waals surface area contributed by atoms with Gasteiger partial charge in [0.1, 0.15) is 0 Å². The van der Waals surface area contributed by atoms with Crippen molar-refractivity contribution in [2.24, 2.45) is 10.9 Å². The molecule has 2 unspecified atom stereocenters. The van der Waals surface area contributed by atoms with E-state index in [0.717, 1.165) is 50.8 Å². The molecule has 7 nitrogen and oxygen atoms in total. The van der Waals surface area contributed by atoms with E-state index in [0.29, 0.717) is 12.0 Å². The Hall–Kier alpha value is -2.31. The molecule has 3 rings (SSSR count). The molecule has 0 bridgehead atoms. The average molecular weight is 372 g/mol. The third kappa shape index (κ3) is 4.90. The fourth-order valence-electron chi connectivity index (χ4n) is 3.83. The van der Waals surface area contributed by atoms with Crippen LogP contribution in [0, 0.1) is 19.8 Å². The Morgan fingerprint density at radius 2 is 2.22 bits per heavy atom. The van der Waals surface area contributed by atoms with E-state index in [1.807, 2.05) is 19.4 Å². The van der Waals surface area contributed by atoms with Gasteiger partial charge in [-0.3, -0.25) is 9.67 Å². The van der Waals surface area contributed by atoms with Crippen molar-refractivity contribution >= 4 is 5.96 Å². The van der Waals surface area contributed by atoms with Crippen LogP contribution in [-0.4, -0.2) is 56.4 Å². The van der Waals surface area contributed by atoms with E-state index in [1.54, 1.807) is 0 Å². The minimum atomic E-state index is 0.444. The zero-order valence-electron chi connectivity index (χ0n) is 17.1. The second-order valence-electron chi connectivity index (χ2n) is 7.53. The highest BCUT2D eigenvalue weighted by Gasteiger charge is 2.28. The summed E-state index contributed by atoms with van der Waals surface area (Å²) in [5.41, 5.74) is 2.30. The molecule has 1 saturated heterocycles. The molecule has 1 aliphatic heterocycles. The van der Waals surface area contributed by atoms with Crippen molar-refractivity contribution in [3.8, 4) is 0 Å². The van der Waals surface area contributed by atoms with E-state index in [2.05, 4.69) is 62.6 Å². The number of aliphatic imine (C=N–C) groups is 1. The van der Waals surface area contributed by atoms with Gasteiger partial charge in [0, 0.05) is 50.8 Å². The second-order valence-corrected chi connectivity index (χ2v) is 7.53. The van der Waals surface area contributed by atoms with Crippen molar-refractivity contribution in [2.45, 2.75) is 53.1 Å². The number of imidazole rings is 1. The molecule has 0 saturated carbocycles. The number of guanidine groups is 1. The molecule has 1 N–H and O–H groups in total. The summed E-state index contributed by atoms with van der Waals surface area (Å²) in [5.74, 6) is 1.67. The Kier molecular flexibility index (Phi) is 6.53. The summed E-state index contributed by atoms with van der Waals surface area (Å²) in [6.45, 7) is 13.2. The second kappa shape index (κ2) is 9.06. The van der Waals surface area contributed by atoms with E-state index in [4.69, 9.17) is 4.99 Å². The predicted molar refractivity (Wildman–Crippen MR) is 109 cm³/mol. The Labute approximate surface area is 162 Å². The fraction of sp³-hybridized carbons (Fsp3) is 0.650. The number of hydrogen-bond donors (Lipinski definition) is 1. The average Bonchev–Trinajstić information content (AvgIpc) is 3.28. The van der Waals surface area contributed by atoms with Gasteiger partial charge in [0.05, 0.1) is 18.1 Å². The molecule has 3 heterocycles. The van der Waals surface area contributed by atoms with Gasteiger partial charge in [-0.05, 0) is 45.6 Å². The van der Waals surface area contributed by atoms with Crippen LogP contribution in [0.15, 0.2) is 29.8 Å². The number of rotatable bonds is 6. The summed E-state index contributed by atoms with van der Waals surface area (Å²) in [4.78, 5) is 11.5. The molecule has 0 spiro atoms. The van der Waals surface area contributed by atoms with Crippen molar-refractivity contribution in [3.63, 3.8) is 0 Å². The molecule has 2 aromatic heterocycles. The molecule has 2 aromatic rings. The number of piperidine rings is 1. The maximum absolute atomic E-state index is 4.89. The molecule has 7 heteroatoms. The van der Waals surface area contributed by atoms with Gasteiger partial charge in [-0.1, -0.05) is 6.92 Å². The molecule has 27 heavy (non-hydrogen) atoms. The molecule has 0 amide bonds. The van der Waals surface area contributed by atoms with Crippen molar-refractivity contribution in [1.82, 2.24) is 29.5 Å². The maximum Gasteiger partial charge on any atom is 0.193 e. The van der Waals surface area contributed by atoms with Crippen molar-refractivity contribution in [3.05, 3.63) is 36.2 Å². The van der Waals surface area contributed by atoms with Crippen LogP contribution >= 0.6 is 0 Å². The summed E-state index contributed by atoms with van der Waals surface area (Å²) < 4.78 is 4.32. The lowest BCUT2D eigenvalue weighted by atomic mass is 9.93. The van der Waals surface area contributed by atoms with E-state index >= 15 is 0 Å². The third-order valence-electron chi connectivity index (χ3n) is 5.35. The van der Waals surface area contributed by atoms with Gasteiger partial charge in [-0.2, -0.15) is 5.10 Å². The van der Waals surface area contributed by atoms with Gasteiger partial charge in [0.15, 0.2) is 5.96 Å². The van der Waals surface area contributed by atoms with Crippen LogP contribution in [0.4, 0.5) is 0 Å². The molecule has 1 aliphatic rings. The third-order valence-corrected chi connectivity index (χ3v) is 5.35. The highest BCUT2D eigenvalue weighted by molar-refractivity contribution is 5.80. The molecule has 0 aliphatic carbocycles. The first-order valence-electron chi connectivity index (χ1n) is 10.1. The quantitative estimate of drug-likeness (QED) is 0.482. The number of aromatic nitrogens is 4. The summed E-state index contributed by atoms with van der Waals surface area (Å²) in [5, 5.41) is 8.01. The lowest BCUT2D eigenvalue weighted by Gasteiger charge is -2.39. The zero-order valence-corrected chi connectivity index (χ0v) is 17.1. The van der Waals surface area contributed by atoms with Crippen molar-refractivity contribution in [2.75, 3.05) is 26.2 Å². The maximum atomic E-state index is 4.89. The summed E-state index contributed by atoms with van der Waals surface area (Å²) in [7, 11) is 0. The molecular formula is C20H33N7. The molecule has 0 aromatic carbocycles. The normalized spacial score (nSPS) is 20.9. The molecule has 0 radical (unpaired) electrons. The molecule has 2 atom stereocenters. The lowest BCUT2D eigenvalue weighted by Crippen LogP contribution is -2.49. The fourth-order valence-corrected chi connectivity index (χ4v) is 3.83. The Bertz CT molecular complexity index is 732. The van der Waals surface area contributed by atoms with Gasteiger partial charge >= 0.3 is 0 Å². The largest absolute Gasteiger partial charge is 0.357 e. The minimum absolute atomic E-state index is 0.444. The van der Waals surface area contributed by atoms with Gasteiger partial charge < -0.3 is 14.8 Å². The SMILES string of the molecule is CCNC(=NCCCn1nc(C)cc1C)N1CCC(C)C(n2ccnc2)C1. The summed E-state index contributed by atoms with van der Waals surface area (Å²) in [6.07, 6.45) is 8.03. The monoisotopic (exact) mass is 371 g/mol. The predicted octanol–water partition coefficient (Wildman–Crippen LogP) is 2.64. The highest BCUT2D eigenvalue weighted by atomic mass is 15.3. The van der Waals surface area contributed by atoms with Crippen LogP contribution in [0.3, 0.4) is 0 Å². The lowest BCUT2D eigenvalue weighted by molar-refractivity contribution is 0.189. The number of aryl methyl sites for hydroxylation is 3. The summed E-state index contributed by atoms with van der Waals surface area (Å²) in [6, 6.07) is 2.57. The molecule has 1 fully saturated rings. The first kappa shape index (κ1) is 19.5. The number of nitrogens with zero attached hydrogens (tertiary/aromatic N) is 6. The van der Waals surface area contributed by atoms with Crippen LogP contribution in [0.2, 0.25) is 0 Å². The number of hydrogen-bond acceptors (Lipinski definition) is 3. The van der Waals surface area contributed by atoms with Crippen LogP contribution < -0.4 is 5.32 Å². The van der Waals surface area contributed by atoms with E-state index < -0.39 is 0 Å². The molecular weight excluding hydrogens is 338 g/mol. The topological polar surface area (TPSA) is 63.3 Å². The van der Waals surface area contributed by atoms with Gasteiger partial charge in [0.2, 0.25) is 0 Å². The van der Waals surface area contributed by atoms with Gasteiger partial charge in [0.25, 0.3) is 0 Å².